The number of carbonyl (C=O) groups excluding carboxylic acids is 3. The van der Waals surface area contributed by atoms with Crippen LogP contribution in [-0.2, 0) is 15.1 Å². The molecule has 2 atom stereocenters. The molecule has 38 heavy (non-hydrogen) atoms. The highest BCUT2D eigenvalue weighted by molar-refractivity contribution is 6.31. The Hall–Kier alpha value is -3.93. The lowest BCUT2D eigenvalue weighted by molar-refractivity contribution is -0.141. The molecule has 0 aliphatic carbocycles. The van der Waals surface area contributed by atoms with E-state index in [0.717, 1.165) is 4.90 Å². The van der Waals surface area contributed by atoms with Crippen molar-refractivity contribution in [2.75, 3.05) is 37.0 Å². The van der Waals surface area contributed by atoms with Crippen LogP contribution in [0, 0.1) is 5.82 Å². The second-order valence-electron chi connectivity index (χ2n) is 9.05. The monoisotopic (exact) mass is 550 g/mol. The lowest BCUT2D eigenvalue weighted by Gasteiger charge is -2.45. The van der Waals surface area contributed by atoms with Crippen molar-refractivity contribution in [1.82, 2.24) is 10.2 Å². The van der Waals surface area contributed by atoms with Gasteiger partial charge in [-0.1, -0.05) is 11.6 Å². The Balaban J connectivity index is 1.54. The molecule has 2 aromatic carbocycles. The molecule has 3 N–H and O–H groups in total. The van der Waals surface area contributed by atoms with E-state index in [1.165, 1.54) is 48.3 Å². The minimum absolute atomic E-state index is 0.0274. The molecule has 2 aliphatic rings. The number of carboxylic acid groups (broad SMARTS) is 1. The number of anilines is 2. The van der Waals surface area contributed by atoms with Gasteiger partial charge in [-0.2, -0.15) is 0 Å². The highest BCUT2D eigenvalue weighted by atomic mass is 35.5. The summed E-state index contributed by atoms with van der Waals surface area (Å²) in [6.45, 7) is -0.889. The molecule has 0 unspecified atom stereocenters. The SMILES string of the molecule is CN(C(=O)O)c1ccc(C(=O)N[C@@H](CCF)C(=O)N2CCC[C@@]3(C2)OC(=O)Nc2ccc(Cl)c(F)c23)cc1. The Morgan fingerprint density at radius 2 is 1.97 bits per heavy atom. The smallest absolute Gasteiger partial charge is 0.412 e. The number of hydrogen-bond acceptors (Lipinski definition) is 5. The first-order valence-electron chi connectivity index (χ1n) is 11.8. The third-order valence-electron chi connectivity index (χ3n) is 6.65. The van der Waals surface area contributed by atoms with Crippen LogP contribution in [0.15, 0.2) is 36.4 Å². The number of nitrogens with one attached hydrogen (secondary N) is 2. The number of rotatable bonds is 6. The highest BCUT2D eigenvalue weighted by Crippen LogP contribution is 2.45. The summed E-state index contributed by atoms with van der Waals surface area (Å²) in [7, 11) is 1.34. The van der Waals surface area contributed by atoms with E-state index in [0.29, 0.717) is 12.1 Å². The van der Waals surface area contributed by atoms with Gasteiger partial charge in [0.25, 0.3) is 5.91 Å². The standard InChI is InChI=1S/C25H25ClF2N4O6/c1-31(24(36)37)15-5-3-14(4-6-15)21(33)29-18(9-11-27)22(34)32-12-2-10-25(13-32)19-17(30-23(35)38-25)8-7-16(26)20(19)28/h3-8,18H,2,9-13H2,1H3,(H,29,33)(H,30,35)(H,36,37)/t18-,25-/m0/s1. The Kier molecular flexibility index (Phi) is 7.72. The largest absolute Gasteiger partial charge is 0.465 e. The lowest BCUT2D eigenvalue weighted by Crippen LogP contribution is -2.57. The molecule has 0 saturated carbocycles. The predicted octanol–water partition coefficient (Wildman–Crippen LogP) is 4.13. The van der Waals surface area contributed by atoms with Crippen molar-refractivity contribution < 1.29 is 37.8 Å². The molecule has 1 fully saturated rings. The summed E-state index contributed by atoms with van der Waals surface area (Å²) in [6.07, 6.45) is -1.73. The molecule has 1 saturated heterocycles. The molecule has 1 spiro atoms. The molecule has 10 nitrogen and oxygen atoms in total. The number of halogens is 3. The van der Waals surface area contributed by atoms with Gasteiger partial charge in [0.2, 0.25) is 5.91 Å². The zero-order valence-corrected chi connectivity index (χ0v) is 21.1. The minimum Gasteiger partial charge on any atom is -0.465 e. The normalized spacial score (nSPS) is 19.2. The Labute approximate surface area is 221 Å². The third-order valence-corrected chi connectivity index (χ3v) is 6.94. The van der Waals surface area contributed by atoms with Gasteiger partial charge in [0, 0.05) is 31.3 Å². The summed E-state index contributed by atoms with van der Waals surface area (Å²) in [5.41, 5.74) is -0.829. The molecular formula is C25H25ClF2N4O6. The van der Waals surface area contributed by atoms with Crippen molar-refractivity contribution >= 4 is 47.0 Å². The predicted molar refractivity (Wildman–Crippen MR) is 134 cm³/mol. The fourth-order valence-corrected chi connectivity index (χ4v) is 4.89. The van der Waals surface area contributed by atoms with Gasteiger partial charge in [0.15, 0.2) is 11.4 Å². The summed E-state index contributed by atoms with van der Waals surface area (Å²) in [4.78, 5) is 51.9. The Bertz CT molecular complexity index is 1280. The second kappa shape index (κ2) is 10.8. The summed E-state index contributed by atoms with van der Waals surface area (Å²) in [6, 6.07) is 7.13. The quantitative estimate of drug-likeness (QED) is 0.496. The molecule has 4 amide bonds. The fraction of sp³-hybridized carbons (Fsp3) is 0.360. The summed E-state index contributed by atoms with van der Waals surface area (Å²) >= 11 is 5.99. The van der Waals surface area contributed by atoms with E-state index in [-0.39, 0.29) is 47.8 Å². The van der Waals surface area contributed by atoms with Gasteiger partial charge in [-0.25, -0.2) is 14.0 Å². The fourth-order valence-electron chi connectivity index (χ4n) is 4.74. The van der Waals surface area contributed by atoms with Crippen molar-refractivity contribution in [3.63, 3.8) is 0 Å². The topological polar surface area (TPSA) is 128 Å². The van der Waals surface area contributed by atoms with Crippen molar-refractivity contribution in [3.8, 4) is 0 Å². The second-order valence-corrected chi connectivity index (χ2v) is 9.46. The average molecular weight is 551 g/mol. The molecule has 0 bridgehead atoms. The van der Waals surface area contributed by atoms with Gasteiger partial charge in [0.1, 0.15) is 6.04 Å². The number of piperidine rings is 1. The zero-order chi connectivity index (χ0) is 27.6. The van der Waals surface area contributed by atoms with Crippen molar-refractivity contribution in [2.45, 2.75) is 30.9 Å². The lowest BCUT2D eigenvalue weighted by atomic mass is 9.83. The number of benzene rings is 2. The van der Waals surface area contributed by atoms with Gasteiger partial charge in [-0.3, -0.25) is 24.2 Å². The van der Waals surface area contributed by atoms with Crippen LogP contribution < -0.4 is 15.5 Å². The first kappa shape index (κ1) is 27.1. The van der Waals surface area contributed by atoms with Crippen molar-refractivity contribution in [3.05, 3.63) is 58.4 Å². The van der Waals surface area contributed by atoms with Gasteiger partial charge in [-0.15, -0.1) is 0 Å². The number of fused-ring (bicyclic) bond motifs is 2. The number of ether oxygens (including phenoxy) is 1. The van der Waals surface area contributed by atoms with E-state index < -0.39 is 48.1 Å². The molecule has 202 valence electrons. The maximum absolute atomic E-state index is 15.1. The van der Waals surface area contributed by atoms with Crippen LogP contribution in [-0.4, -0.2) is 66.9 Å². The van der Waals surface area contributed by atoms with Crippen molar-refractivity contribution in [1.29, 1.82) is 0 Å². The first-order valence-corrected chi connectivity index (χ1v) is 12.1. The summed E-state index contributed by atoms with van der Waals surface area (Å²) in [5, 5.41) is 13.9. The maximum atomic E-state index is 15.1. The Morgan fingerprint density at radius 3 is 2.63 bits per heavy atom. The van der Waals surface area contributed by atoms with Crippen LogP contribution in [0.5, 0.6) is 0 Å². The maximum Gasteiger partial charge on any atom is 0.412 e. The van der Waals surface area contributed by atoms with E-state index in [9.17, 15) is 23.6 Å². The number of alkyl halides is 1. The number of nitrogens with zero attached hydrogens (tertiary/aromatic N) is 2. The van der Waals surface area contributed by atoms with Gasteiger partial charge in [-0.05, 0) is 49.2 Å². The van der Waals surface area contributed by atoms with E-state index in [1.54, 1.807) is 0 Å². The van der Waals surface area contributed by atoms with E-state index in [1.807, 2.05) is 0 Å². The highest BCUT2D eigenvalue weighted by Gasteiger charge is 2.49. The number of amides is 4. The molecule has 2 aliphatic heterocycles. The molecule has 0 radical (unpaired) electrons. The summed E-state index contributed by atoms with van der Waals surface area (Å²) in [5.74, 6) is -2.05. The molecule has 2 heterocycles. The van der Waals surface area contributed by atoms with Crippen LogP contribution in [0.2, 0.25) is 5.02 Å². The summed E-state index contributed by atoms with van der Waals surface area (Å²) < 4.78 is 34.1. The zero-order valence-electron chi connectivity index (χ0n) is 20.3. The number of hydrogen-bond donors (Lipinski definition) is 3. The van der Waals surface area contributed by atoms with Crippen LogP contribution in [0.4, 0.5) is 29.7 Å². The number of carbonyl (C=O) groups is 4. The molecule has 0 aromatic heterocycles. The van der Waals surface area contributed by atoms with E-state index >= 15 is 4.39 Å². The van der Waals surface area contributed by atoms with E-state index in [2.05, 4.69) is 10.6 Å². The third kappa shape index (κ3) is 5.21. The molecule has 4 rings (SSSR count). The molecule has 13 heteroatoms. The van der Waals surface area contributed by atoms with E-state index in [4.69, 9.17) is 21.4 Å². The first-order chi connectivity index (χ1) is 18.1. The molecule has 2 aromatic rings. The van der Waals surface area contributed by atoms with Crippen molar-refractivity contribution in [2.24, 2.45) is 0 Å². The average Bonchev–Trinajstić information content (AvgIpc) is 2.89. The van der Waals surface area contributed by atoms with Crippen LogP contribution in [0.25, 0.3) is 0 Å². The Morgan fingerprint density at radius 1 is 1.26 bits per heavy atom. The van der Waals surface area contributed by atoms with Gasteiger partial charge < -0.3 is 20.1 Å². The van der Waals surface area contributed by atoms with Crippen LogP contribution in [0.3, 0.4) is 0 Å². The van der Waals surface area contributed by atoms with Gasteiger partial charge in [0.05, 0.1) is 29.5 Å². The van der Waals surface area contributed by atoms with Crippen LogP contribution in [0.1, 0.15) is 35.2 Å². The minimum atomic E-state index is -1.50. The van der Waals surface area contributed by atoms with Gasteiger partial charge >= 0.3 is 12.2 Å². The number of likely N-dealkylation sites (tertiary alicyclic amines) is 1. The molecular weight excluding hydrogens is 526 g/mol. The van der Waals surface area contributed by atoms with Crippen LogP contribution >= 0.6 is 11.6 Å².